The van der Waals surface area contributed by atoms with Gasteiger partial charge in [-0.3, -0.25) is 4.79 Å². The number of aryl methyl sites for hydroxylation is 2. The highest BCUT2D eigenvalue weighted by atomic mass is 35.5. The third-order valence-electron chi connectivity index (χ3n) is 3.69. The number of hydrogen-bond acceptors (Lipinski definition) is 5. The van der Waals surface area contributed by atoms with E-state index in [4.69, 9.17) is 21.1 Å². The second-order valence-corrected chi connectivity index (χ2v) is 8.14. The van der Waals surface area contributed by atoms with Crippen LogP contribution in [-0.4, -0.2) is 34.1 Å². The molecule has 2 rings (SSSR count). The van der Waals surface area contributed by atoms with Gasteiger partial charge in [0.15, 0.2) is 0 Å². The van der Waals surface area contributed by atoms with Crippen molar-refractivity contribution in [2.24, 2.45) is 0 Å². The van der Waals surface area contributed by atoms with Gasteiger partial charge in [0.2, 0.25) is 10.0 Å². The number of halogens is 1. The summed E-state index contributed by atoms with van der Waals surface area (Å²) in [7, 11) is -3.68. The molecule has 0 bridgehead atoms. The number of benzene rings is 2. The predicted molar refractivity (Wildman–Crippen MR) is 104 cm³/mol. The second-order valence-electron chi connectivity index (χ2n) is 5.94. The molecule has 0 saturated heterocycles. The molecule has 6 nitrogen and oxygen atoms in total. The van der Waals surface area contributed by atoms with E-state index in [2.05, 4.69) is 4.72 Å². The summed E-state index contributed by atoms with van der Waals surface area (Å²) in [6, 6.07) is 11.6. The fraction of sp³-hybridized carbons (Fsp3) is 0.316. The molecular weight excluding hydrogens is 390 g/mol. The SMILES string of the molecule is Cc1ccc(C)c(OCCOC(=O)CCNS(=O)(=O)c2ccc(Cl)cc2)c1. The van der Waals surface area contributed by atoms with Crippen LogP contribution in [-0.2, 0) is 19.6 Å². The first kappa shape index (κ1) is 21.2. The number of rotatable bonds is 9. The van der Waals surface area contributed by atoms with Gasteiger partial charge < -0.3 is 9.47 Å². The Hall–Kier alpha value is -2.09. The van der Waals surface area contributed by atoms with Crippen molar-refractivity contribution < 1.29 is 22.7 Å². The Morgan fingerprint density at radius 3 is 2.48 bits per heavy atom. The average molecular weight is 412 g/mol. The Morgan fingerprint density at radius 2 is 1.78 bits per heavy atom. The van der Waals surface area contributed by atoms with Crippen molar-refractivity contribution in [3.05, 3.63) is 58.6 Å². The summed E-state index contributed by atoms with van der Waals surface area (Å²) in [5, 5.41) is 0.445. The molecule has 0 spiro atoms. The van der Waals surface area contributed by atoms with Crippen LogP contribution in [0.5, 0.6) is 5.75 Å². The Balaban J connectivity index is 1.69. The molecule has 0 saturated carbocycles. The quantitative estimate of drug-likeness (QED) is 0.506. The number of esters is 1. The maximum atomic E-state index is 12.1. The lowest BCUT2D eigenvalue weighted by molar-refractivity contribution is -0.144. The maximum Gasteiger partial charge on any atom is 0.307 e. The summed E-state index contributed by atoms with van der Waals surface area (Å²) in [5.74, 6) is 0.250. The first-order valence-corrected chi connectivity index (χ1v) is 10.2. The largest absolute Gasteiger partial charge is 0.490 e. The van der Waals surface area contributed by atoms with E-state index in [0.717, 1.165) is 16.9 Å². The number of sulfonamides is 1. The molecule has 0 aliphatic rings. The van der Waals surface area contributed by atoms with Gasteiger partial charge in [0.25, 0.3) is 0 Å². The average Bonchev–Trinajstić information content (AvgIpc) is 2.61. The molecular formula is C19H22ClNO5S. The summed E-state index contributed by atoms with van der Waals surface area (Å²) >= 11 is 5.74. The van der Waals surface area contributed by atoms with Crippen LogP contribution >= 0.6 is 11.6 Å². The van der Waals surface area contributed by atoms with E-state index in [0.29, 0.717) is 5.02 Å². The van der Waals surface area contributed by atoms with Crippen LogP contribution in [0.1, 0.15) is 17.5 Å². The topological polar surface area (TPSA) is 81.7 Å². The molecule has 0 atom stereocenters. The van der Waals surface area contributed by atoms with Gasteiger partial charge in [0, 0.05) is 11.6 Å². The van der Waals surface area contributed by atoms with Crippen LogP contribution < -0.4 is 9.46 Å². The number of carbonyl (C=O) groups excluding carboxylic acids is 1. The molecule has 146 valence electrons. The molecule has 8 heteroatoms. The van der Waals surface area contributed by atoms with Gasteiger partial charge in [-0.2, -0.15) is 0 Å². The number of hydrogen-bond donors (Lipinski definition) is 1. The normalized spacial score (nSPS) is 11.2. The fourth-order valence-corrected chi connectivity index (χ4v) is 3.38. The summed E-state index contributed by atoms with van der Waals surface area (Å²) in [5.41, 5.74) is 2.09. The van der Waals surface area contributed by atoms with Crippen LogP contribution in [0.15, 0.2) is 47.4 Å². The Kier molecular flexibility index (Phi) is 7.65. The van der Waals surface area contributed by atoms with Gasteiger partial charge >= 0.3 is 5.97 Å². The molecule has 0 radical (unpaired) electrons. The van der Waals surface area contributed by atoms with Crippen LogP contribution in [0.4, 0.5) is 0 Å². The zero-order valence-electron chi connectivity index (χ0n) is 15.2. The van der Waals surface area contributed by atoms with Gasteiger partial charge in [0.1, 0.15) is 19.0 Å². The minimum Gasteiger partial charge on any atom is -0.490 e. The number of ether oxygens (including phenoxy) is 2. The highest BCUT2D eigenvalue weighted by molar-refractivity contribution is 7.89. The summed E-state index contributed by atoms with van der Waals surface area (Å²) in [4.78, 5) is 11.8. The van der Waals surface area contributed by atoms with Crippen molar-refractivity contribution in [3.8, 4) is 5.75 Å². The molecule has 0 aliphatic carbocycles. The van der Waals surface area contributed by atoms with Crippen molar-refractivity contribution in [1.82, 2.24) is 4.72 Å². The predicted octanol–water partition coefficient (Wildman–Crippen LogP) is 3.25. The Morgan fingerprint density at radius 1 is 1.07 bits per heavy atom. The van der Waals surface area contributed by atoms with E-state index < -0.39 is 16.0 Å². The van der Waals surface area contributed by atoms with E-state index in [-0.39, 0.29) is 31.1 Å². The Labute approximate surface area is 164 Å². The summed E-state index contributed by atoms with van der Waals surface area (Å²) in [6.45, 7) is 4.18. The van der Waals surface area contributed by atoms with E-state index in [1.807, 2.05) is 32.0 Å². The summed E-state index contributed by atoms with van der Waals surface area (Å²) in [6.07, 6.45) is -0.0731. The minimum absolute atomic E-state index is 0.0539. The zero-order chi connectivity index (χ0) is 19.9. The van der Waals surface area contributed by atoms with Crippen molar-refractivity contribution in [2.45, 2.75) is 25.2 Å². The molecule has 0 unspecified atom stereocenters. The van der Waals surface area contributed by atoms with Gasteiger partial charge in [-0.25, -0.2) is 13.1 Å². The Bertz CT molecular complexity index is 881. The monoisotopic (exact) mass is 411 g/mol. The van der Waals surface area contributed by atoms with E-state index >= 15 is 0 Å². The molecule has 2 aromatic rings. The number of carbonyl (C=O) groups is 1. The standard InChI is InChI=1S/C19H22ClNO5S/c1-14-3-4-15(2)18(13-14)25-11-12-26-19(22)9-10-21-27(23,24)17-7-5-16(20)6-8-17/h3-8,13,21H,9-12H2,1-2H3. The lowest BCUT2D eigenvalue weighted by atomic mass is 10.1. The van der Waals surface area contributed by atoms with E-state index in [1.54, 1.807) is 0 Å². The molecule has 2 aromatic carbocycles. The molecule has 0 fully saturated rings. The highest BCUT2D eigenvalue weighted by Gasteiger charge is 2.14. The molecule has 1 N–H and O–H groups in total. The third-order valence-corrected chi connectivity index (χ3v) is 5.42. The van der Waals surface area contributed by atoms with E-state index in [1.165, 1.54) is 24.3 Å². The maximum absolute atomic E-state index is 12.1. The molecule has 27 heavy (non-hydrogen) atoms. The smallest absolute Gasteiger partial charge is 0.307 e. The lowest BCUT2D eigenvalue weighted by Crippen LogP contribution is -2.27. The van der Waals surface area contributed by atoms with Crippen molar-refractivity contribution >= 4 is 27.6 Å². The van der Waals surface area contributed by atoms with Gasteiger partial charge in [-0.1, -0.05) is 23.7 Å². The third kappa shape index (κ3) is 6.86. The molecule has 0 heterocycles. The second kappa shape index (κ2) is 9.73. The molecule has 0 aromatic heterocycles. The first-order valence-electron chi connectivity index (χ1n) is 8.39. The first-order chi connectivity index (χ1) is 12.8. The van der Waals surface area contributed by atoms with Crippen LogP contribution in [0.2, 0.25) is 5.02 Å². The van der Waals surface area contributed by atoms with Crippen LogP contribution in [0.25, 0.3) is 0 Å². The highest BCUT2D eigenvalue weighted by Crippen LogP contribution is 2.18. The fourth-order valence-electron chi connectivity index (χ4n) is 2.23. The van der Waals surface area contributed by atoms with Crippen molar-refractivity contribution in [1.29, 1.82) is 0 Å². The van der Waals surface area contributed by atoms with Crippen molar-refractivity contribution in [2.75, 3.05) is 19.8 Å². The van der Waals surface area contributed by atoms with E-state index in [9.17, 15) is 13.2 Å². The zero-order valence-corrected chi connectivity index (χ0v) is 16.8. The lowest BCUT2D eigenvalue weighted by Gasteiger charge is -2.10. The summed E-state index contributed by atoms with van der Waals surface area (Å²) < 4.78 is 37.2. The molecule has 0 aliphatic heterocycles. The van der Waals surface area contributed by atoms with Crippen molar-refractivity contribution in [3.63, 3.8) is 0 Å². The van der Waals surface area contributed by atoms with Gasteiger partial charge in [-0.15, -0.1) is 0 Å². The van der Waals surface area contributed by atoms with Gasteiger partial charge in [0.05, 0.1) is 11.3 Å². The molecule has 0 amide bonds. The van der Waals surface area contributed by atoms with Crippen LogP contribution in [0.3, 0.4) is 0 Å². The number of nitrogens with one attached hydrogen (secondary N) is 1. The van der Waals surface area contributed by atoms with Gasteiger partial charge in [-0.05, 0) is 55.3 Å². The van der Waals surface area contributed by atoms with Crippen LogP contribution in [0, 0.1) is 13.8 Å². The minimum atomic E-state index is -3.68.